The molecule has 3 aromatic rings. The number of hydrogen-bond donors (Lipinski definition) is 1. The molecule has 0 bridgehead atoms. The molecule has 4 nitrogen and oxygen atoms in total. The number of rotatable bonds is 6. The van der Waals surface area contributed by atoms with Crippen LogP contribution in [-0.4, -0.2) is 39.3 Å². The predicted octanol–water partition coefficient (Wildman–Crippen LogP) is 2.84. The van der Waals surface area contributed by atoms with Gasteiger partial charge in [0.05, 0.1) is 23.7 Å². The molecule has 0 saturated carbocycles. The summed E-state index contributed by atoms with van der Waals surface area (Å²) in [7, 11) is 2.04. The molecule has 1 heterocycles. The van der Waals surface area contributed by atoms with E-state index in [1.807, 2.05) is 50.4 Å². The summed E-state index contributed by atoms with van der Waals surface area (Å²) in [6.07, 6.45) is -0.431. The number of nitrogens with zero attached hydrogens (tertiary/aromatic N) is 3. The Bertz CT molecular complexity index is 767. The standard InChI is InChI=1S/C19H23N3O/c1-15-20-18-10-6-7-11-19(18)22(15)14-17(23)13-21(2)12-16-8-4-3-5-9-16/h3-11,17,23H,12-14H2,1-2H3. The number of aromatic nitrogens is 2. The van der Waals surface area contributed by atoms with E-state index in [-0.39, 0.29) is 0 Å². The van der Waals surface area contributed by atoms with E-state index < -0.39 is 6.10 Å². The number of fused-ring (bicyclic) bond motifs is 1. The highest BCUT2D eigenvalue weighted by molar-refractivity contribution is 5.75. The van der Waals surface area contributed by atoms with Crippen LogP contribution in [0.2, 0.25) is 0 Å². The van der Waals surface area contributed by atoms with Gasteiger partial charge in [-0.25, -0.2) is 4.98 Å². The van der Waals surface area contributed by atoms with Gasteiger partial charge in [-0.1, -0.05) is 42.5 Å². The van der Waals surface area contributed by atoms with Crippen LogP contribution < -0.4 is 0 Å². The molecular weight excluding hydrogens is 286 g/mol. The molecule has 1 N–H and O–H groups in total. The van der Waals surface area contributed by atoms with Crippen LogP contribution in [0.25, 0.3) is 11.0 Å². The minimum Gasteiger partial charge on any atom is -0.390 e. The minimum atomic E-state index is -0.431. The summed E-state index contributed by atoms with van der Waals surface area (Å²) in [4.78, 5) is 6.70. The summed E-state index contributed by atoms with van der Waals surface area (Å²) in [6, 6.07) is 18.4. The van der Waals surface area contributed by atoms with Gasteiger partial charge in [-0.15, -0.1) is 0 Å². The molecule has 0 amide bonds. The number of imidazole rings is 1. The number of hydrogen-bond acceptors (Lipinski definition) is 3. The van der Waals surface area contributed by atoms with Gasteiger partial charge in [-0.2, -0.15) is 0 Å². The van der Waals surface area contributed by atoms with Crippen molar-refractivity contribution in [2.45, 2.75) is 26.1 Å². The van der Waals surface area contributed by atoms with Crippen LogP contribution in [0.4, 0.5) is 0 Å². The molecule has 0 saturated heterocycles. The Labute approximate surface area is 137 Å². The van der Waals surface area contributed by atoms with Crippen molar-refractivity contribution in [1.82, 2.24) is 14.5 Å². The number of aliphatic hydroxyl groups excluding tert-OH is 1. The molecule has 1 atom stereocenters. The number of aryl methyl sites for hydroxylation is 1. The first-order chi connectivity index (χ1) is 11.1. The van der Waals surface area contributed by atoms with Crippen molar-refractivity contribution in [2.24, 2.45) is 0 Å². The van der Waals surface area contributed by atoms with Crippen LogP contribution in [0.3, 0.4) is 0 Å². The van der Waals surface area contributed by atoms with E-state index in [0.717, 1.165) is 23.4 Å². The molecule has 3 rings (SSSR count). The van der Waals surface area contributed by atoms with E-state index in [2.05, 4.69) is 32.7 Å². The summed E-state index contributed by atoms with van der Waals surface area (Å²) < 4.78 is 2.09. The third kappa shape index (κ3) is 3.78. The molecule has 4 heteroatoms. The number of aliphatic hydroxyl groups is 1. The highest BCUT2D eigenvalue weighted by atomic mass is 16.3. The van der Waals surface area contributed by atoms with Crippen LogP contribution >= 0.6 is 0 Å². The van der Waals surface area contributed by atoms with Gasteiger partial charge in [0.25, 0.3) is 0 Å². The maximum atomic E-state index is 10.5. The van der Waals surface area contributed by atoms with Crippen LogP contribution in [0.5, 0.6) is 0 Å². The molecule has 0 fully saturated rings. The van der Waals surface area contributed by atoms with E-state index >= 15 is 0 Å². The summed E-state index contributed by atoms with van der Waals surface area (Å²) in [5.74, 6) is 0.941. The first-order valence-electron chi connectivity index (χ1n) is 7.96. The van der Waals surface area contributed by atoms with Crippen molar-refractivity contribution in [3.63, 3.8) is 0 Å². The quantitative estimate of drug-likeness (QED) is 0.761. The zero-order chi connectivity index (χ0) is 16.2. The Balaban J connectivity index is 1.64. The van der Waals surface area contributed by atoms with Crippen molar-refractivity contribution in [1.29, 1.82) is 0 Å². The second-order valence-electron chi connectivity index (χ2n) is 6.09. The third-order valence-electron chi connectivity index (χ3n) is 4.06. The fourth-order valence-electron chi connectivity index (χ4n) is 3.01. The zero-order valence-corrected chi connectivity index (χ0v) is 13.7. The lowest BCUT2D eigenvalue weighted by molar-refractivity contribution is 0.107. The summed E-state index contributed by atoms with van der Waals surface area (Å²) in [6.45, 7) is 4.01. The molecule has 23 heavy (non-hydrogen) atoms. The molecular formula is C19H23N3O. The normalized spacial score (nSPS) is 12.9. The second kappa shape index (κ2) is 6.94. The molecule has 0 aliphatic rings. The van der Waals surface area contributed by atoms with Gasteiger partial charge in [0.1, 0.15) is 5.82 Å². The molecule has 120 valence electrons. The maximum absolute atomic E-state index is 10.5. The second-order valence-corrected chi connectivity index (χ2v) is 6.09. The van der Waals surface area contributed by atoms with Crippen molar-refractivity contribution in [3.05, 3.63) is 66.0 Å². The lowest BCUT2D eigenvalue weighted by atomic mass is 10.2. The third-order valence-corrected chi connectivity index (χ3v) is 4.06. The van der Waals surface area contributed by atoms with E-state index in [1.165, 1.54) is 5.56 Å². The molecule has 0 aliphatic heterocycles. The smallest absolute Gasteiger partial charge is 0.106 e. The van der Waals surface area contributed by atoms with Crippen LogP contribution in [-0.2, 0) is 13.1 Å². The summed E-state index contributed by atoms with van der Waals surface area (Å²) >= 11 is 0. The molecule has 2 aromatic carbocycles. The average Bonchev–Trinajstić information content (AvgIpc) is 2.84. The lowest BCUT2D eigenvalue weighted by Gasteiger charge is -2.21. The molecule has 1 unspecified atom stereocenters. The minimum absolute atomic E-state index is 0.431. The Morgan fingerprint density at radius 2 is 1.78 bits per heavy atom. The van der Waals surface area contributed by atoms with Crippen LogP contribution in [0.1, 0.15) is 11.4 Å². The van der Waals surface area contributed by atoms with Crippen LogP contribution in [0.15, 0.2) is 54.6 Å². The van der Waals surface area contributed by atoms with E-state index in [1.54, 1.807) is 0 Å². The number of para-hydroxylation sites is 2. The Kier molecular flexibility index (Phi) is 4.74. The van der Waals surface area contributed by atoms with Crippen molar-refractivity contribution < 1.29 is 5.11 Å². The van der Waals surface area contributed by atoms with Crippen molar-refractivity contribution >= 4 is 11.0 Å². The fraction of sp³-hybridized carbons (Fsp3) is 0.316. The van der Waals surface area contributed by atoms with E-state index in [0.29, 0.717) is 13.1 Å². The van der Waals surface area contributed by atoms with Crippen molar-refractivity contribution in [3.8, 4) is 0 Å². The molecule has 1 aromatic heterocycles. The highest BCUT2D eigenvalue weighted by Gasteiger charge is 2.13. The Morgan fingerprint density at radius 3 is 2.57 bits per heavy atom. The largest absolute Gasteiger partial charge is 0.390 e. The van der Waals surface area contributed by atoms with Gasteiger partial charge in [0.2, 0.25) is 0 Å². The topological polar surface area (TPSA) is 41.3 Å². The number of likely N-dealkylation sites (N-methyl/N-ethyl adjacent to an activating group) is 1. The average molecular weight is 309 g/mol. The van der Waals surface area contributed by atoms with Gasteiger partial charge < -0.3 is 9.67 Å². The number of benzene rings is 2. The lowest BCUT2D eigenvalue weighted by Crippen LogP contribution is -2.32. The van der Waals surface area contributed by atoms with E-state index in [4.69, 9.17) is 0 Å². The fourth-order valence-corrected chi connectivity index (χ4v) is 3.01. The van der Waals surface area contributed by atoms with Gasteiger partial charge in [-0.3, -0.25) is 4.90 Å². The maximum Gasteiger partial charge on any atom is 0.106 e. The Morgan fingerprint density at radius 1 is 1.09 bits per heavy atom. The first kappa shape index (κ1) is 15.7. The first-order valence-corrected chi connectivity index (χ1v) is 7.96. The van der Waals surface area contributed by atoms with Gasteiger partial charge in [-0.05, 0) is 31.7 Å². The summed E-state index contributed by atoms with van der Waals surface area (Å²) in [5.41, 5.74) is 3.32. The van der Waals surface area contributed by atoms with E-state index in [9.17, 15) is 5.11 Å². The molecule has 0 radical (unpaired) electrons. The zero-order valence-electron chi connectivity index (χ0n) is 13.7. The summed E-state index contributed by atoms with van der Waals surface area (Å²) in [5, 5.41) is 10.5. The van der Waals surface area contributed by atoms with Gasteiger partial charge in [0, 0.05) is 13.1 Å². The highest BCUT2D eigenvalue weighted by Crippen LogP contribution is 2.16. The monoisotopic (exact) mass is 309 g/mol. The van der Waals surface area contributed by atoms with Crippen molar-refractivity contribution in [2.75, 3.05) is 13.6 Å². The Hall–Kier alpha value is -2.17. The van der Waals surface area contributed by atoms with Crippen LogP contribution in [0, 0.1) is 6.92 Å². The van der Waals surface area contributed by atoms with Gasteiger partial charge in [0.15, 0.2) is 0 Å². The molecule has 0 aliphatic carbocycles. The SMILES string of the molecule is Cc1nc2ccccc2n1CC(O)CN(C)Cc1ccccc1. The molecule has 0 spiro atoms. The predicted molar refractivity (Wildman–Crippen MR) is 93.3 cm³/mol. The van der Waals surface area contributed by atoms with Gasteiger partial charge >= 0.3 is 0 Å².